The van der Waals surface area contributed by atoms with Crippen LogP contribution in [-0.4, -0.2) is 22.8 Å². The molecule has 0 bridgehead atoms. The van der Waals surface area contributed by atoms with E-state index in [9.17, 15) is 0 Å². The lowest BCUT2D eigenvalue weighted by Crippen LogP contribution is -2.35. The number of rotatable bonds is 7. The summed E-state index contributed by atoms with van der Waals surface area (Å²) in [5.41, 5.74) is 0. The molecule has 3 atom stereocenters. The maximum Gasteiger partial charge on any atom is 0.315 e. The second-order valence-corrected chi connectivity index (χ2v) is 6.56. The summed E-state index contributed by atoms with van der Waals surface area (Å²) in [7, 11) is 0. The maximum absolute atomic E-state index is 5.78. The number of nitrogens with zero attached hydrogens (tertiary/aromatic N) is 2. The highest BCUT2D eigenvalue weighted by molar-refractivity contribution is 5.21. The van der Waals surface area contributed by atoms with Gasteiger partial charge in [-0.15, -0.1) is 5.10 Å². The molecule has 5 nitrogen and oxygen atoms in total. The summed E-state index contributed by atoms with van der Waals surface area (Å²) in [6.45, 7) is 9.78. The van der Waals surface area contributed by atoms with Gasteiger partial charge in [-0.3, -0.25) is 0 Å². The lowest BCUT2D eigenvalue weighted by Gasteiger charge is -2.34. The molecule has 1 saturated carbocycles. The van der Waals surface area contributed by atoms with Crippen LogP contribution in [0.25, 0.3) is 0 Å². The van der Waals surface area contributed by atoms with Crippen LogP contribution in [0.15, 0.2) is 4.42 Å². The van der Waals surface area contributed by atoms with E-state index in [1.54, 1.807) is 0 Å². The quantitative estimate of drug-likeness (QED) is 0.801. The Morgan fingerprint density at radius 3 is 2.67 bits per heavy atom. The molecule has 2 N–H and O–H groups in total. The van der Waals surface area contributed by atoms with E-state index in [2.05, 4.69) is 48.5 Å². The molecule has 1 aliphatic carbocycles. The van der Waals surface area contributed by atoms with Crippen molar-refractivity contribution in [3.63, 3.8) is 0 Å². The first kappa shape index (κ1) is 16.3. The Balaban J connectivity index is 1.94. The van der Waals surface area contributed by atoms with Crippen LogP contribution in [0.5, 0.6) is 0 Å². The molecular formula is C16H30N4O. The van der Waals surface area contributed by atoms with Gasteiger partial charge in [0.2, 0.25) is 5.89 Å². The Hall–Kier alpha value is -1.10. The van der Waals surface area contributed by atoms with E-state index in [-0.39, 0.29) is 6.04 Å². The second-order valence-electron chi connectivity index (χ2n) is 6.56. The van der Waals surface area contributed by atoms with Crippen LogP contribution in [-0.2, 0) is 0 Å². The Bertz CT molecular complexity index is 418. The van der Waals surface area contributed by atoms with Crippen LogP contribution >= 0.6 is 0 Å². The van der Waals surface area contributed by atoms with Gasteiger partial charge in [0.05, 0.1) is 6.04 Å². The van der Waals surface area contributed by atoms with Gasteiger partial charge in [-0.1, -0.05) is 38.7 Å². The number of nitrogens with one attached hydrogen (secondary N) is 2. The van der Waals surface area contributed by atoms with Crippen LogP contribution in [0.1, 0.15) is 71.7 Å². The summed E-state index contributed by atoms with van der Waals surface area (Å²) in [6, 6.07) is 1.15. The largest absolute Gasteiger partial charge is 0.406 e. The van der Waals surface area contributed by atoms with Crippen molar-refractivity contribution < 1.29 is 4.42 Å². The molecule has 5 heteroatoms. The van der Waals surface area contributed by atoms with Gasteiger partial charge in [-0.2, -0.15) is 0 Å². The average molecular weight is 294 g/mol. The van der Waals surface area contributed by atoms with Gasteiger partial charge in [-0.05, 0) is 44.6 Å². The van der Waals surface area contributed by atoms with Crippen LogP contribution in [0, 0.1) is 11.8 Å². The van der Waals surface area contributed by atoms with E-state index >= 15 is 0 Å². The van der Waals surface area contributed by atoms with Crippen LogP contribution in [0.3, 0.4) is 0 Å². The van der Waals surface area contributed by atoms with Gasteiger partial charge in [-0.25, -0.2) is 0 Å². The molecule has 21 heavy (non-hydrogen) atoms. The highest BCUT2D eigenvalue weighted by Crippen LogP contribution is 2.32. The van der Waals surface area contributed by atoms with Gasteiger partial charge in [0.1, 0.15) is 0 Å². The van der Waals surface area contributed by atoms with Crippen molar-refractivity contribution in [2.75, 3.05) is 11.9 Å². The van der Waals surface area contributed by atoms with Gasteiger partial charge in [0, 0.05) is 6.04 Å². The van der Waals surface area contributed by atoms with E-state index in [0.717, 1.165) is 13.0 Å². The normalized spacial score (nSPS) is 24.2. The summed E-state index contributed by atoms with van der Waals surface area (Å²) >= 11 is 0. The van der Waals surface area contributed by atoms with Crippen molar-refractivity contribution in [3.05, 3.63) is 5.89 Å². The van der Waals surface area contributed by atoms with E-state index in [1.807, 2.05) is 0 Å². The second kappa shape index (κ2) is 7.78. The summed E-state index contributed by atoms with van der Waals surface area (Å²) in [4.78, 5) is 0. The molecule has 0 radical (unpaired) electrons. The van der Waals surface area contributed by atoms with Gasteiger partial charge in [0.25, 0.3) is 0 Å². The number of hydrogen-bond donors (Lipinski definition) is 2. The molecule has 0 saturated heterocycles. The van der Waals surface area contributed by atoms with E-state index in [4.69, 9.17) is 4.42 Å². The summed E-state index contributed by atoms with van der Waals surface area (Å²) in [5, 5.41) is 15.2. The van der Waals surface area contributed by atoms with Crippen LogP contribution in [0.4, 0.5) is 6.01 Å². The van der Waals surface area contributed by atoms with Crippen molar-refractivity contribution in [3.8, 4) is 0 Å². The zero-order valence-corrected chi connectivity index (χ0v) is 13.9. The minimum atomic E-state index is 0.111. The molecule has 1 heterocycles. The number of aromatic nitrogens is 2. The molecule has 1 aromatic rings. The predicted octanol–water partition coefficient (Wildman–Crippen LogP) is 3.76. The van der Waals surface area contributed by atoms with Gasteiger partial charge >= 0.3 is 6.01 Å². The monoisotopic (exact) mass is 294 g/mol. The minimum absolute atomic E-state index is 0.111. The van der Waals surface area contributed by atoms with Crippen LogP contribution < -0.4 is 10.6 Å². The molecule has 0 spiro atoms. The zero-order chi connectivity index (χ0) is 15.2. The molecular weight excluding hydrogens is 264 g/mol. The Labute approximate surface area is 128 Å². The highest BCUT2D eigenvalue weighted by Gasteiger charge is 2.28. The fourth-order valence-corrected chi connectivity index (χ4v) is 3.21. The predicted molar refractivity (Wildman–Crippen MR) is 85.2 cm³/mol. The topological polar surface area (TPSA) is 63.0 Å². The standard InChI is InChI=1S/C16H30N4O/c1-5-10-17-12(4)15-19-20-16(21-15)18-14-9-7-6-8-13(14)11(2)3/h11-14,17H,5-10H2,1-4H3,(H,18,20). The highest BCUT2D eigenvalue weighted by atomic mass is 16.4. The zero-order valence-electron chi connectivity index (χ0n) is 13.9. The molecule has 0 aliphatic heterocycles. The fourth-order valence-electron chi connectivity index (χ4n) is 3.21. The first-order chi connectivity index (χ1) is 10.1. The third-order valence-electron chi connectivity index (χ3n) is 4.50. The Morgan fingerprint density at radius 2 is 1.95 bits per heavy atom. The van der Waals surface area contributed by atoms with E-state index < -0.39 is 0 Å². The SMILES string of the molecule is CCCNC(C)c1nnc(NC2CCCCC2C(C)C)o1. The van der Waals surface area contributed by atoms with Gasteiger partial charge in [0.15, 0.2) is 0 Å². The Morgan fingerprint density at radius 1 is 1.19 bits per heavy atom. The first-order valence-corrected chi connectivity index (χ1v) is 8.45. The molecule has 120 valence electrons. The van der Waals surface area contributed by atoms with Crippen molar-refractivity contribution in [2.24, 2.45) is 11.8 Å². The first-order valence-electron chi connectivity index (χ1n) is 8.45. The van der Waals surface area contributed by atoms with Crippen molar-refractivity contribution in [2.45, 2.75) is 71.9 Å². The molecule has 0 amide bonds. The van der Waals surface area contributed by atoms with Crippen LogP contribution in [0.2, 0.25) is 0 Å². The average Bonchev–Trinajstić information content (AvgIpc) is 2.93. The van der Waals surface area contributed by atoms with Crippen molar-refractivity contribution in [1.82, 2.24) is 15.5 Å². The lowest BCUT2D eigenvalue weighted by molar-refractivity contribution is 0.250. The number of anilines is 1. The minimum Gasteiger partial charge on any atom is -0.406 e. The molecule has 1 aromatic heterocycles. The molecule has 1 fully saturated rings. The molecule has 3 unspecified atom stereocenters. The lowest BCUT2D eigenvalue weighted by atomic mass is 9.78. The molecule has 0 aromatic carbocycles. The number of hydrogen-bond acceptors (Lipinski definition) is 5. The summed E-state index contributed by atoms with van der Waals surface area (Å²) in [5.74, 6) is 2.06. The van der Waals surface area contributed by atoms with E-state index in [1.165, 1.54) is 25.7 Å². The third kappa shape index (κ3) is 4.43. The maximum atomic E-state index is 5.78. The summed E-state index contributed by atoms with van der Waals surface area (Å²) < 4.78 is 5.78. The van der Waals surface area contributed by atoms with Gasteiger partial charge < -0.3 is 15.1 Å². The fraction of sp³-hybridized carbons (Fsp3) is 0.875. The Kier molecular flexibility index (Phi) is 6.03. The summed E-state index contributed by atoms with van der Waals surface area (Å²) in [6.07, 6.45) is 6.22. The molecule has 1 aliphatic rings. The third-order valence-corrected chi connectivity index (χ3v) is 4.50. The van der Waals surface area contributed by atoms with Crippen molar-refractivity contribution >= 4 is 6.01 Å². The van der Waals surface area contributed by atoms with Crippen molar-refractivity contribution in [1.29, 1.82) is 0 Å². The smallest absolute Gasteiger partial charge is 0.315 e. The molecule has 2 rings (SSSR count). The van der Waals surface area contributed by atoms with E-state index in [0.29, 0.717) is 29.8 Å².